The van der Waals surface area contributed by atoms with Gasteiger partial charge in [-0.25, -0.2) is 0 Å². The van der Waals surface area contributed by atoms with Crippen molar-refractivity contribution in [1.82, 2.24) is 0 Å². The lowest BCUT2D eigenvalue weighted by molar-refractivity contribution is -0.377. The highest BCUT2D eigenvalue weighted by Crippen LogP contribution is 2.32. The van der Waals surface area contributed by atoms with Crippen molar-refractivity contribution in [2.24, 2.45) is 0 Å². The summed E-state index contributed by atoms with van der Waals surface area (Å²) in [4.78, 5) is 0. The molecule has 0 aromatic carbocycles. The maximum absolute atomic E-state index is 10.6. The van der Waals surface area contributed by atoms with Crippen molar-refractivity contribution in [1.29, 1.82) is 0 Å². The fourth-order valence-electron chi connectivity index (χ4n) is 4.06. The lowest BCUT2D eigenvalue weighted by Crippen LogP contribution is -2.66. The van der Waals surface area contributed by atoms with Gasteiger partial charge >= 0.3 is 0 Å². The lowest BCUT2D eigenvalue weighted by Gasteiger charge is -2.47. The molecule has 34 heavy (non-hydrogen) atoms. The van der Waals surface area contributed by atoms with Gasteiger partial charge in [-0.3, -0.25) is 0 Å². The highest BCUT2D eigenvalue weighted by Gasteiger charge is 2.53. The lowest BCUT2D eigenvalue weighted by atomic mass is 9.96. The Kier molecular flexibility index (Phi) is 9.54. The summed E-state index contributed by atoms with van der Waals surface area (Å²) in [5.74, 6) is 0. The second-order valence-corrected chi connectivity index (χ2v) is 8.33. The normalized spacial score (nSPS) is 52.5. The topological polar surface area (TPSA) is 269 Å². The minimum Gasteiger partial charge on any atom is -0.394 e. The molecule has 0 spiro atoms. The second kappa shape index (κ2) is 11.6. The maximum atomic E-state index is 10.6. The van der Waals surface area contributed by atoms with Crippen LogP contribution in [0.3, 0.4) is 0 Å². The first kappa shape index (κ1) is 27.9. The van der Waals surface area contributed by atoms with Crippen LogP contribution in [0.2, 0.25) is 0 Å². The van der Waals surface area contributed by atoms with Gasteiger partial charge < -0.3 is 79.9 Å². The molecule has 15 atom stereocenters. The molecule has 3 rings (SSSR count). The first-order chi connectivity index (χ1) is 16.0. The van der Waals surface area contributed by atoms with Crippen LogP contribution < -0.4 is 0 Å². The summed E-state index contributed by atoms with van der Waals surface area (Å²) < 4.78 is 26.4. The molecule has 3 saturated heterocycles. The number of hydrogen-bond donors (Lipinski definition) is 11. The molecule has 3 aliphatic rings. The second-order valence-electron chi connectivity index (χ2n) is 8.33. The van der Waals surface area contributed by atoms with Gasteiger partial charge in [0.05, 0.1) is 19.8 Å². The van der Waals surface area contributed by atoms with E-state index in [0.717, 1.165) is 0 Å². The molecule has 0 amide bonds. The standard InChI is InChI=1S/C18H32O16/c19-1-4-7(22)8(23)12(27)17(31-4)34-15-6(3-21)32-18(13(28)10(15)25)33-14-5(2-20)30-16(29)11(26)9(14)24/h4-29H,1-3H2/t4-,5-,6-,7-,8+,9-,10-,11-,12+,13+,14-,15-,16?,17-,18+/m1/s1. The van der Waals surface area contributed by atoms with Crippen LogP contribution in [0.5, 0.6) is 0 Å². The van der Waals surface area contributed by atoms with E-state index in [-0.39, 0.29) is 0 Å². The Hall–Kier alpha value is -0.640. The van der Waals surface area contributed by atoms with Crippen LogP contribution in [0.1, 0.15) is 0 Å². The first-order valence-electron chi connectivity index (χ1n) is 10.6. The van der Waals surface area contributed by atoms with Crippen LogP contribution in [0, 0.1) is 0 Å². The zero-order valence-corrected chi connectivity index (χ0v) is 17.7. The molecule has 0 saturated carbocycles. The van der Waals surface area contributed by atoms with Gasteiger partial charge in [0.2, 0.25) is 0 Å². The average molecular weight is 504 g/mol. The molecule has 0 aliphatic carbocycles. The molecule has 16 heteroatoms. The van der Waals surface area contributed by atoms with Crippen molar-refractivity contribution in [2.45, 2.75) is 92.1 Å². The van der Waals surface area contributed by atoms with Gasteiger partial charge in [0.1, 0.15) is 73.2 Å². The number of ether oxygens (including phenoxy) is 5. The number of aliphatic hydroxyl groups is 11. The van der Waals surface area contributed by atoms with Gasteiger partial charge in [-0.05, 0) is 0 Å². The molecule has 0 aromatic rings. The van der Waals surface area contributed by atoms with E-state index >= 15 is 0 Å². The number of aliphatic hydroxyl groups excluding tert-OH is 11. The van der Waals surface area contributed by atoms with Crippen LogP contribution >= 0.6 is 0 Å². The van der Waals surface area contributed by atoms with Gasteiger partial charge in [-0.2, -0.15) is 0 Å². The van der Waals surface area contributed by atoms with E-state index in [9.17, 15) is 56.2 Å². The number of rotatable bonds is 7. The number of hydrogen-bond acceptors (Lipinski definition) is 16. The molecule has 1 unspecified atom stereocenters. The van der Waals surface area contributed by atoms with E-state index in [1.165, 1.54) is 0 Å². The van der Waals surface area contributed by atoms with Crippen LogP contribution in [0.15, 0.2) is 0 Å². The molecule has 3 aliphatic heterocycles. The zero-order valence-electron chi connectivity index (χ0n) is 17.7. The monoisotopic (exact) mass is 504 g/mol. The molecular formula is C18H32O16. The predicted octanol–water partition coefficient (Wildman–Crippen LogP) is -7.57. The first-order valence-corrected chi connectivity index (χ1v) is 10.6. The van der Waals surface area contributed by atoms with Gasteiger partial charge in [0, 0.05) is 0 Å². The minimum atomic E-state index is -1.91. The Balaban J connectivity index is 1.72. The fraction of sp³-hybridized carbons (Fsp3) is 1.00. The summed E-state index contributed by atoms with van der Waals surface area (Å²) in [5.41, 5.74) is 0. The van der Waals surface area contributed by atoms with Crippen LogP contribution in [-0.2, 0) is 23.7 Å². The van der Waals surface area contributed by atoms with Crippen molar-refractivity contribution in [3.8, 4) is 0 Å². The van der Waals surface area contributed by atoms with Crippen LogP contribution in [0.4, 0.5) is 0 Å². The van der Waals surface area contributed by atoms with Crippen molar-refractivity contribution in [3.63, 3.8) is 0 Å². The third kappa shape index (κ3) is 5.37. The van der Waals surface area contributed by atoms with Gasteiger partial charge in [0.25, 0.3) is 0 Å². The van der Waals surface area contributed by atoms with E-state index in [1.807, 2.05) is 0 Å². The highest BCUT2D eigenvalue weighted by molar-refractivity contribution is 4.96. The van der Waals surface area contributed by atoms with E-state index in [1.54, 1.807) is 0 Å². The summed E-state index contributed by atoms with van der Waals surface area (Å²) in [7, 11) is 0. The van der Waals surface area contributed by atoms with Gasteiger partial charge in [0.15, 0.2) is 18.9 Å². The molecule has 16 nitrogen and oxygen atoms in total. The molecule has 0 radical (unpaired) electrons. The van der Waals surface area contributed by atoms with E-state index < -0.39 is 112 Å². The quantitative estimate of drug-likeness (QED) is 0.154. The zero-order chi connectivity index (χ0) is 25.3. The third-order valence-electron chi connectivity index (χ3n) is 6.09. The SMILES string of the molecule is OC[C@H]1O[C@H](O[C@H]2[C@H](O)[C@H](O)[C@H](O[C@H]3[C@H](O)[C@@H](O)C(O)O[C@@H]3CO)O[C@@H]2CO)[C@@H](O)[C@@H](O)[C@@H]1O. The van der Waals surface area contributed by atoms with Crippen molar-refractivity contribution in [3.05, 3.63) is 0 Å². The largest absolute Gasteiger partial charge is 0.394 e. The summed E-state index contributed by atoms with van der Waals surface area (Å²) in [6, 6.07) is 0. The summed E-state index contributed by atoms with van der Waals surface area (Å²) in [6.07, 6.45) is -25.1. The van der Waals surface area contributed by atoms with Crippen LogP contribution in [-0.4, -0.2) is 168 Å². The van der Waals surface area contributed by atoms with Crippen molar-refractivity contribution < 1.29 is 79.9 Å². The van der Waals surface area contributed by atoms with Gasteiger partial charge in [-0.1, -0.05) is 0 Å². The summed E-state index contributed by atoms with van der Waals surface area (Å²) in [5, 5.41) is 109. The molecule has 3 fully saturated rings. The molecule has 200 valence electrons. The minimum absolute atomic E-state index is 0.741. The summed E-state index contributed by atoms with van der Waals surface area (Å²) in [6.45, 7) is -2.32. The smallest absolute Gasteiger partial charge is 0.187 e. The van der Waals surface area contributed by atoms with Gasteiger partial charge in [-0.15, -0.1) is 0 Å². The molecule has 3 heterocycles. The predicted molar refractivity (Wildman–Crippen MR) is 101 cm³/mol. The van der Waals surface area contributed by atoms with E-state index in [2.05, 4.69) is 0 Å². The Morgan fingerprint density at radius 2 is 0.853 bits per heavy atom. The Bertz CT molecular complexity index is 635. The van der Waals surface area contributed by atoms with E-state index in [4.69, 9.17) is 23.7 Å². The molecule has 11 N–H and O–H groups in total. The Labute approximate surface area is 192 Å². The molecule has 0 aromatic heterocycles. The van der Waals surface area contributed by atoms with Crippen molar-refractivity contribution >= 4 is 0 Å². The van der Waals surface area contributed by atoms with Crippen molar-refractivity contribution in [2.75, 3.05) is 19.8 Å². The fourth-order valence-corrected chi connectivity index (χ4v) is 4.06. The molecular weight excluding hydrogens is 472 g/mol. The molecule has 0 bridgehead atoms. The third-order valence-corrected chi connectivity index (χ3v) is 6.09. The van der Waals surface area contributed by atoms with E-state index in [0.29, 0.717) is 0 Å². The Morgan fingerprint density at radius 3 is 1.35 bits per heavy atom. The average Bonchev–Trinajstić information content (AvgIpc) is 2.83. The summed E-state index contributed by atoms with van der Waals surface area (Å²) >= 11 is 0. The Morgan fingerprint density at radius 1 is 0.441 bits per heavy atom. The van der Waals surface area contributed by atoms with Crippen LogP contribution in [0.25, 0.3) is 0 Å². The highest BCUT2D eigenvalue weighted by atomic mass is 16.8. The maximum Gasteiger partial charge on any atom is 0.187 e.